The lowest BCUT2D eigenvalue weighted by atomic mass is 9.91. The van der Waals surface area contributed by atoms with E-state index in [1.165, 1.54) is 12.0 Å². The summed E-state index contributed by atoms with van der Waals surface area (Å²) < 4.78 is 1.87. The zero-order chi connectivity index (χ0) is 11.3. The van der Waals surface area contributed by atoms with E-state index in [1.807, 2.05) is 17.9 Å². The summed E-state index contributed by atoms with van der Waals surface area (Å²) in [5.74, 6) is 1.23. The van der Waals surface area contributed by atoms with Crippen molar-refractivity contribution in [2.24, 2.45) is 13.0 Å². The molecule has 86 valence electrons. The van der Waals surface area contributed by atoms with E-state index in [9.17, 15) is 0 Å². The van der Waals surface area contributed by atoms with Crippen LogP contribution < -0.4 is 5.32 Å². The number of aromatic nitrogens is 2. The normalized spacial score (nSPS) is 15.2. The Kier molecular flexibility index (Phi) is 4.82. The Hall–Kier alpha value is -0.830. The van der Waals surface area contributed by atoms with Crippen molar-refractivity contribution in [3.8, 4) is 0 Å². The van der Waals surface area contributed by atoms with Crippen molar-refractivity contribution in [2.45, 2.75) is 33.1 Å². The minimum absolute atomic E-state index is 0.572. The molecule has 2 unspecified atom stereocenters. The standard InChI is InChI=1S/C12H23N3/c1-5-6-13-7-10(2)11(3)12-8-14-15(4)9-12/h8-11,13H,5-7H2,1-4H3. The molecule has 0 fully saturated rings. The van der Waals surface area contributed by atoms with Crippen LogP contribution in [-0.2, 0) is 7.05 Å². The van der Waals surface area contributed by atoms with Crippen LogP contribution in [0.5, 0.6) is 0 Å². The van der Waals surface area contributed by atoms with Crippen LogP contribution in [0.1, 0.15) is 38.7 Å². The van der Waals surface area contributed by atoms with Gasteiger partial charge in [-0.05, 0) is 36.9 Å². The monoisotopic (exact) mass is 209 g/mol. The smallest absolute Gasteiger partial charge is 0.0524 e. The van der Waals surface area contributed by atoms with Crippen molar-refractivity contribution in [2.75, 3.05) is 13.1 Å². The van der Waals surface area contributed by atoms with Crippen LogP contribution in [0.4, 0.5) is 0 Å². The maximum Gasteiger partial charge on any atom is 0.0524 e. The van der Waals surface area contributed by atoms with Gasteiger partial charge in [-0.25, -0.2) is 0 Å². The molecule has 0 saturated heterocycles. The van der Waals surface area contributed by atoms with Gasteiger partial charge in [-0.15, -0.1) is 0 Å². The number of hydrogen-bond acceptors (Lipinski definition) is 2. The molecular weight excluding hydrogens is 186 g/mol. The molecule has 1 heterocycles. The average Bonchev–Trinajstić information content (AvgIpc) is 2.64. The fourth-order valence-electron chi connectivity index (χ4n) is 1.69. The summed E-state index contributed by atoms with van der Waals surface area (Å²) in [7, 11) is 1.97. The van der Waals surface area contributed by atoms with Crippen LogP contribution in [-0.4, -0.2) is 22.9 Å². The summed E-state index contributed by atoms with van der Waals surface area (Å²) in [5.41, 5.74) is 1.34. The zero-order valence-electron chi connectivity index (χ0n) is 10.3. The van der Waals surface area contributed by atoms with Crippen LogP contribution >= 0.6 is 0 Å². The van der Waals surface area contributed by atoms with Crippen molar-refractivity contribution in [1.29, 1.82) is 0 Å². The quantitative estimate of drug-likeness (QED) is 0.728. The Morgan fingerprint density at radius 3 is 2.73 bits per heavy atom. The van der Waals surface area contributed by atoms with Gasteiger partial charge in [0.25, 0.3) is 0 Å². The second-order valence-electron chi connectivity index (χ2n) is 4.42. The predicted molar refractivity (Wildman–Crippen MR) is 63.9 cm³/mol. The summed E-state index contributed by atoms with van der Waals surface area (Å²) >= 11 is 0. The maximum atomic E-state index is 4.21. The third kappa shape index (κ3) is 3.67. The van der Waals surface area contributed by atoms with Gasteiger partial charge in [-0.1, -0.05) is 20.8 Å². The van der Waals surface area contributed by atoms with E-state index in [2.05, 4.69) is 37.4 Å². The van der Waals surface area contributed by atoms with Crippen molar-refractivity contribution in [3.63, 3.8) is 0 Å². The number of aryl methyl sites for hydroxylation is 1. The third-order valence-corrected chi connectivity index (χ3v) is 3.00. The van der Waals surface area contributed by atoms with Gasteiger partial charge in [0, 0.05) is 13.2 Å². The highest BCUT2D eigenvalue weighted by Crippen LogP contribution is 2.22. The molecule has 0 aliphatic carbocycles. The molecular formula is C12H23N3. The van der Waals surface area contributed by atoms with E-state index in [0.717, 1.165) is 13.1 Å². The SMILES string of the molecule is CCCNCC(C)C(C)c1cnn(C)c1. The summed E-state index contributed by atoms with van der Waals surface area (Å²) in [5, 5.41) is 7.68. The summed E-state index contributed by atoms with van der Waals surface area (Å²) in [6.45, 7) is 8.96. The minimum Gasteiger partial charge on any atom is -0.316 e. The molecule has 0 spiro atoms. The first-order chi connectivity index (χ1) is 7.15. The first-order valence-corrected chi connectivity index (χ1v) is 5.84. The molecule has 1 aromatic rings. The van der Waals surface area contributed by atoms with E-state index in [1.54, 1.807) is 0 Å². The molecule has 0 bridgehead atoms. The molecule has 1 rings (SSSR count). The molecule has 1 N–H and O–H groups in total. The fourth-order valence-corrected chi connectivity index (χ4v) is 1.69. The second-order valence-corrected chi connectivity index (χ2v) is 4.42. The molecule has 0 amide bonds. The molecule has 0 aliphatic rings. The Morgan fingerprint density at radius 1 is 1.47 bits per heavy atom. The van der Waals surface area contributed by atoms with Crippen molar-refractivity contribution in [3.05, 3.63) is 18.0 Å². The number of rotatable bonds is 6. The Balaban J connectivity index is 2.42. The van der Waals surface area contributed by atoms with E-state index >= 15 is 0 Å². The highest BCUT2D eigenvalue weighted by molar-refractivity contribution is 5.11. The number of nitrogens with one attached hydrogen (secondary N) is 1. The van der Waals surface area contributed by atoms with Crippen molar-refractivity contribution in [1.82, 2.24) is 15.1 Å². The van der Waals surface area contributed by atoms with Crippen LogP contribution in [0.2, 0.25) is 0 Å². The highest BCUT2D eigenvalue weighted by Gasteiger charge is 2.15. The van der Waals surface area contributed by atoms with E-state index in [-0.39, 0.29) is 0 Å². The molecule has 0 aromatic carbocycles. The summed E-state index contributed by atoms with van der Waals surface area (Å²) in [6.07, 6.45) is 5.29. The van der Waals surface area contributed by atoms with E-state index in [0.29, 0.717) is 11.8 Å². The van der Waals surface area contributed by atoms with Crippen LogP contribution in [0, 0.1) is 5.92 Å². The van der Waals surface area contributed by atoms with E-state index in [4.69, 9.17) is 0 Å². The lowest BCUT2D eigenvalue weighted by Gasteiger charge is -2.19. The van der Waals surface area contributed by atoms with Gasteiger partial charge in [0.2, 0.25) is 0 Å². The average molecular weight is 209 g/mol. The Morgan fingerprint density at radius 2 is 2.20 bits per heavy atom. The van der Waals surface area contributed by atoms with Crippen molar-refractivity contribution < 1.29 is 0 Å². The summed E-state index contributed by atoms with van der Waals surface area (Å²) in [6, 6.07) is 0. The van der Waals surface area contributed by atoms with Gasteiger partial charge in [0.15, 0.2) is 0 Å². The zero-order valence-corrected chi connectivity index (χ0v) is 10.3. The highest BCUT2D eigenvalue weighted by atomic mass is 15.2. The van der Waals surface area contributed by atoms with Crippen LogP contribution in [0.25, 0.3) is 0 Å². The van der Waals surface area contributed by atoms with E-state index < -0.39 is 0 Å². The van der Waals surface area contributed by atoms with Crippen LogP contribution in [0.3, 0.4) is 0 Å². The first kappa shape index (κ1) is 12.2. The molecule has 3 nitrogen and oxygen atoms in total. The predicted octanol–water partition coefficient (Wildman–Crippen LogP) is 2.16. The van der Waals surface area contributed by atoms with Gasteiger partial charge in [-0.2, -0.15) is 5.10 Å². The maximum absolute atomic E-state index is 4.21. The Bertz CT molecular complexity index is 280. The molecule has 2 atom stereocenters. The topological polar surface area (TPSA) is 29.9 Å². The first-order valence-electron chi connectivity index (χ1n) is 5.84. The fraction of sp³-hybridized carbons (Fsp3) is 0.750. The molecule has 1 aromatic heterocycles. The molecule has 15 heavy (non-hydrogen) atoms. The third-order valence-electron chi connectivity index (χ3n) is 3.00. The molecule has 0 saturated carbocycles. The number of nitrogens with zero attached hydrogens (tertiary/aromatic N) is 2. The lowest BCUT2D eigenvalue weighted by molar-refractivity contribution is 0.448. The van der Waals surface area contributed by atoms with Crippen LogP contribution in [0.15, 0.2) is 12.4 Å². The summed E-state index contributed by atoms with van der Waals surface area (Å²) in [4.78, 5) is 0. The molecule has 3 heteroatoms. The molecule has 0 aliphatic heterocycles. The Labute approximate surface area is 92.9 Å². The second kappa shape index (κ2) is 5.91. The lowest BCUT2D eigenvalue weighted by Crippen LogP contribution is -2.24. The van der Waals surface area contributed by atoms with Crippen molar-refractivity contribution >= 4 is 0 Å². The van der Waals surface area contributed by atoms with Gasteiger partial charge in [-0.3, -0.25) is 4.68 Å². The van der Waals surface area contributed by atoms with Gasteiger partial charge in [0.05, 0.1) is 6.20 Å². The van der Waals surface area contributed by atoms with Gasteiger partial charge >= 0.3 is 0 Å². The van der Waals surface area contributed by atoms with Gasteiger partial charge in [0.1, 0.15) is 0 Å². The molecule has 0 radical (unpaired) electrons. The largest absolute Gasteiger partial charge is 0.316 e. The van der Waals surface area contributed by atoms with Gasteiger partial charge < -0.3 is 5.32 Å². The minimum atomic E-state index is 0.572. The number of hydrogen-bond donors (Lipinski definition) is 1.